The van der Waals surface area contributed by atoms with Gasteiger partial charge in [-0.05, 0) is 31.2 Å². The lowest BCUT2D eigenvalue weighted by atomic mass is 10.1. The molecule has 0 saturated heterocycles. The second-order valence-corrected chi connectivity index (χ2v) is 5.49. The first kappa shape index (κ1) is 15.1. The Hall–Kier alpha value is -2.79. The zero-order valence-corrected chi connectivity index (χ0v) is 13.1. The number of hydrazone groups is 1. The van der Waals surface area contributed by atoms with Gasteiger partial charge in [-0.1, -0.05) is 29.8 Å². The lowest BCUT2D eigenvalue weighted by Crippen LogP contribution is -1.98. The summed E-state index contributed by atoms with van der Waals surface area (Å²) in [6.07, 6.45) is 1.69. The third-order valence-electron chi connectivity index (χ3n) is 3.54. The first-order valence-electron chi connectivity index (χ1n) is 6.95. The molecule has 0 saturated carbocycles. The first-order chi connectivity index (χ1) is 11.1. The Balaban J connectivity index is 1.88. The zero-order valence-electron chi connectivity index (χ0n) is 12.3. The van der Waals surface area contributed by atoms with Crippen LogP contribution in [0.25, 0.3) is 10.9 Å². The van der Waals surface area contributed by atoms with E-state index in [4.69, 9.17) is 16.7 Å². The maximum absolute atomic E-state index is 11.0. The number of nitrogens with zero attached hydrogens (tertiary/aromatic N) is 1. The van der Waals surface area contributed by atoms with E-state index < -0.39 is 5.97 Å². The second-order valence-electron chi connectivity index (χ2n) is 5.08. The highest BCUT2D eigenvalue weighted by Crippen LogP contribution is 2.24. The van der Waals surface area contributed by atoms with Crippen molar-refractivity contribution in [2.24, 2.45) is 5.10 Å². The van der Waals surface area contributed by atoms with E-state index >= 15 is 0 Å². The van der Waals surface area contributed by atoms with Crippen LogP contribution in [0.3, 0.4) is 0 Å². The standard InChI is InChI=1S/C17H14ClN3O2/c1-10-13(12-4-2-3-5-15(12)20-10)9-19-21-16-8-11(17(22)23)6-7-14(16)18/h2-9,20-21H,1H3,(H,22,23)/b19-9+. The highest BCUT2D eigenvalue weighted by atomic mass is 35.5. The first-order valence-corrected chi connectivity index (χ1v) is 7.33. The minimum Gasteiger partial charge on any atom is -0.478 e. The summed E-state index contributed by atoms with van der Waals surface area (Å²) in [5, 5.41) is 14.7. The number of para-hydroxylation sites is 1. The van der Waals surface area contributed by atoms with Crippen LogP contribution in [-0.2, 0) is 0 Å². The van der Waals surface area contributed by atoms with Gasteiger partial charge in [-0.2, -0.15) is 5.10 Å². The van der Waals surface area contributed by atoms with Crippen LogP contribution in [0.4, 0.5) is 5.69 Å². The molecule has 0 amide bonds. The van der Waals surface area contributed by atoms with E-state index in [0.717, 1.165) is 22.2 Å². The van der Waals surface area contributed by atoms with E-state index in [1.807, 2.05) is 31.2 Å². The van der Waals surface area contributed by atoms with Crippen molar-refractivity contribution in [3.05, 3.63) is 64.3 Å². The molecule has 6 heteroatoms. The fourth-order valence-corrected chi connectivity index (χ4v) is 2.53. The molecule has 116 valence electrons. The van der Waals surface area contributed by atoms with Crippen molar-refractivity contribution in [3.63, 3.8) is 0 Å². The number of fused-ring (bicyclic) bond motifs is 1. The van der Waals surface area contributed by atoms with Gasteiger partial charge in [0, 0.05) is 22.2 Å². The third-order valence-corrected chi connectivity index (χ3v) is 3.86. The van der Waals surface area contributed by atoms with E-state index in [2.05, 4.69) is 15.5 Å². The van der Waals surface area contributed by atoms with Gasteiger partial charge < -0.3 is 10.1 Å². The van der Waals surface area contributed by atoms with Crippen LogP contribution in [0.1, 0.15) is 21.6 Å². The average Bonchev–Trinajstić information content (AvgIpc) is 2.85. The van der Waals surface area contributed by atoms with Crippen LogP contribution >= 0.6 is 11.6 Å². The minimum atomic E-state index is -1.01. The molecule has 1 heterocycles. The maximum Gasteiger partial charge on any atom is 0.335 e. The zero-order chi connectivity index (χ0) is 16.4. The number of hydrogen-bond donors (Lipinski definition) is 3. The van der Waals surface area contributed by atoms with Gasteiger partial charge in [0.15, 0.2) is 0 Å². The largest absolute Gasteiger partial charge is 0.478 e. The number of halogens is 1. The van der Waals surface area contributed by atoms with Gasteiger partial charge in [0.2, 0.25) is 0 Å². The van der Waals surface area contributed by atoms with Gasteiger partial charge in [-0.3, -0.25) is 5.43 Å². The molecule has 5 nitrogen and oxygen atoms in total. The number of hydrogen-bond acceptors (Lipinski definition) is 3. The molecule has 0 unspecified atom stereocenters. The molecule has 3 aromatic rings. The molecule has 0 aliphatic rings. The Morgan fingerprint density at radius 3 is 2.87 bits per heavy atom. The van der Waals surface area contributed by atoms with Crippen molar-refractivity contribution in [3.8, 4) is 0 Å². The number of nitrogens with one attached hydrogen (secondary N) is 2. The third kappa shape index (κ3) is 3.05. The fraction of sp³-hybridized carbons (Fsp3) is 0.0588. The highest BCUT2D eigenvalue weighted by Gasteiger charge is 2.07. The van der Waals surface area contributed by atoms with Crippen molar-refractivity contribution in [2.75, 3.05) is 5.43 Å². The number of benzene rings is 2. The normalized spacial score (nSPS) is 11.2. The average molecular weight is 328 g/mol. The Labute approximate surface area is 137 Å². The summed E-state index contributed by atoms with van der Waals surface area (Å²) in [6.45, 7) is 1.97. The quantitative estimate of drug-likeness (QED) is 0.494. The predicted molar refractivity (Wildman–Crippen MR) is 92.7 cm³/mol. The predicted octanol–water partition coefficient (Wildman–Crippen LogP) is 4.27. The summed E-state index contributed by atoms with van der Waals surface area (Å²) in [6, 6.07) is 12.4. The molecule has 0 atom stereocenters. The summed E-state index contributed by atoms with van der Waals surface area (Å²) in [5.74, 6) is -1.01. The molecule has 0 spiro atoms. The number of aromatic amines is 1. The summed E-state index contributed by atoms with van der Waals surface area (Å²) in [7, 11) is 0. The Kier molecular flexibility index (Phi) is 4.04. The molecule has 3 N–H and O–H groups in total. The molecule has 23 heavy (non-hydrogen) atoms. The van der Waals surface area contributed by atoms with Crippen molar-refractivity contribution < 1.29 is 9.90 Å². The minimum absolute atomic E-state index is 0.148. The molecule has 0 bridgehead atoms. The van der Waals surface area contributed by atoms with Crippen LogP contribution in [-0.4, -0.2) is 22.3 Å². The molecule has 3 rings (SSSR count). The van der Waals surface area contributed by atoms with Crippen LogP contribution < -0.4 is 5.43 Å². The Bertz CT molecular complexity index is 915. The van der Waals surface area contributed by atoms with Gasteiger partial charge in [0.05, 0.1) is 22.5 Å². The van der Waals surface area contributed by atoms with Gasteiger partial charge in [0.1, 0.15) is 0 Å². The summed E-state index contributed by atoms with van der Waals surface area (Å²) < 4.78 is 0. The Morgan fingerprint density at radius 2 is 2.09 bits per heavy atom. The molecule has 0 fully saturated rings. The lowest BCUT2D eigenvalue weighted by Gasteiger charge is -2.04. The fourth-order valence-electron chi connectivity index (χ4n) is 2.38. The van der Waals surface area contributed by atoms with Crippen molar-refractivity contribution >= 4 is 40.4 Å². The van der Waals surface area contributed by atoms with Crippen LogP contribution in [0.5, 0.6) is 0 Å². The van der Waals surface area contributed by atoms with Gasteiger partial charge >= 0.3 is 5.97 Å². The van der Waals surface area contributed by atoms with E-state index in [1.54, 1.807) is 6.21 Å². The molecule has 1 aromatic heterocycles. The molecule has 0 aliphatic heterocycles. The van der Waals surface area contributed by atoms with Gasteiger partial charge in [-0.15, -0.1) is 0 Å². The molecular formula is C17H14ClN3O2. The van der Waals surface area contributed by atoms with Gasteiger partial charge in [-0.25, -0.2) is 4.79 Å². The number of aryl methyl sites for hydroxylation is 1. The SMILES string of the molecule is Cc1[nH]c2ccccc2c1/C=N/Nc1cc(C(=O)O)ccc1Cl. The number of rotatable bonds is 4. The molecule has 2 aromatic carbocycles. The summed E-state index contributed by atoms with van der Waals surface area (Å²) in [5.41, 5.74) is 6.40. The van der Waals surface area contributed by atoms with Crippen LogP contribution in [0.15, 0.2) is 47.6 Å². The number of carboxylic acid groups (broad SMARTS) is 1. The van der Waals surface area contributed by atoms with Crippen LogP contribution in [0, 0.1) is 6.92 Å². The smallest absolute Gasteiger partial charge is 0.335 e. The monoisotopic (exact) mass is 327 g/mol. The number of anilines is 1. The summed E-state index contributed by atoms with van der Waals surface area (Å²) >= 11 is 6.05. The molecule has 0 aliphatic carbocycles. The second kappa shape index (κ2) is 6.14. The van der Waals surface area contributed by atoms with Crippen molar-refractivity contribution in [2.45, 2.75) is 6.92 Å². The van der Waals surface area contributed by atoms with Crippen molar-refractivity contribution in [1.29, 1.82) is 0 Å². The van der Waals surface area contributed by atoms with Gasteiger partial charge in [0.25, 0.3) is 0 Å². The maximum atomic E-state index is 11.0. The lowest BCUT2D eigenvalue weighted by molar-refractivity contribution is 0.0697. The summed E-state index contributed by atoms with van der Waals surface area (Å²) in [4.78, 5) is 14.3. The Morgan fingerprint density at radius 1 is 1.30 bits per heavy atom. The number of aromatic nitrogens is 1. The molecule has 0 radical (unpaired) electrons. The van der Waals surface area contributed by atoms with E-state index in [1.165, 1.54) is 18.2 Å². The van der Waals surface area contributed by atoms with E-state index in [-0.39, 0.29) is 5.56 Å². The topological polar surface area (TPSA) is 77.5 Å². The van der Waals surface area contributed by atoms with E-state index in [9.17, 15) is 4.79 Å². The number of carboxylic acids is 1. The van der Waals surface area contributed by atoms with Crippen LogP contribution in [0.2, 0.25) is 5.02 Å². The van der Waals surface area contributed by atoms with Crippen molar-refractivity contribution in [1.82, 2.24) is 4.98 Å². The number of aromatic carboxylic acids is 1. The number of H-pyrrole nitrogens is 1. The molecular weight excluding hydrogens is 314 g/mol. The van der Waals surface area contributed by atoms with E-state index in [0.29, 0.717) is 10.7 Å². The number of carbonyl (C=O) groups is 1. The highest BCUT2D eigenvalue weighted by molar-refractivity contribution is 6.33.